The fourth-order valence-corrected chi connectivity index (χ4v) is 3.37. The van der Waals surface area contributed by atoms with E-state index in [0.717, 1.165) is 36.6 Å². The van der Waals surface area contributed by atoms with E-state index in [-0.39, 0.29) is 12.0 Å². The largest absolute Gasteiger partial charge is 0.461 e. The third-order valence-corrected chi connectivity index (χ3v) is 5.29. The second-order valence-electron chi connectivity index (χ2n) is 9.21. The zero-order chi connectivity index (χ0) is 24.6. The van der Waals surface area contributed by atoms with E-state index in [1.165, 1.54) is 0 Å². The average molecular weight is 461 g/mol. The van der Waals surface area contributed by atoms with Crippen LogP contribution in [-0.2, 0) is 20.8 Å². The predicted octanol–water partition coefficient (Wildman–Crippen LogP) is 4.59. The van der Waals surface area contributed by atoms with Crippen molar-refractivity contribution in [3.05, 3.63) is 35.5 Å². The van der Waals surface area contributed by atoms with E-state index in [0.29, 0.717) is 24.3 Å². The summed E-state index contributed by atoms with van der Waals surface area (Å²) in [6.07, 6.45) is 2.20. The summed E-state index contributed by atoms with van der Waals surface area (Å²) in [7, 11) is 1.68. The molecule has 182 valence electrons. The lowest BCUT2D eigenvalue weighted by Gasteiger charge is -2.23. The maximum absolute atomic E-state index is 12.5. The molecule has 0 aliphatic heterocycles. The summed E-state index contributed by atoms with van der Waals surface area (Å²) in [6, 6.07) is 7.13. The van der Waals surface area contributed by atoms with Gasteiger partial charge in [-0.15, -0.1) is 0 Å². The van der Waals surface area contributed by atoms with Gasteiger partial charge in [0.05, 0.1) is 6.61 Å². The van der Waals surface area contributed by atoms with Gasteiger partial charge in [-0.3, -0.25) is 4.79 Å². The van der Waals surface area contributed by atoms with Crippen LogP contribution < -0.4 is 5.32 Å². The lowest BCUT2D eigenvalue weighted by molar-refractivity contribution is 0.0494. The van der Waals surface area contributed by atoms with Crippen LogP contribution in [0.2, 0.25) is 0 Å². The highest BCUT2D eigenvalue weighted by Crippen LogP contribution is 2.47. The Bertz CT molecular complexity index is 967. The molecule has 1 saturated carbocycles. The van der Waals surface area contributed by atoms with Crippen molar-refractivity contribution in [3.8, 4) is 0 Å². The number of esters is 1. The molecule has 1 aromatic carbocycles. The summed E-state index contributed by atoms with van der Waals surface area (Å²) in [6.45, 7) is 11.3. The molecule has 0 unspecified atom stereocenters. The lowest BCUT2D eigenvalue weighted by atomic mass is 10.1. The summed E-state index contributed by atoms with van der Waals surface area (Å²) < 4.78 is 17.0. The van der Waals surface area contributed by atoms with Crippen LogP contribution in [-0.4, -0.2) is 55.4 Å². The maximum atomic E-state index is 12.5. The molecule has 8 heteroatoms. The van der Waals surface area contributed by atoms with Gasteiger partial charge in [-0.1, -0.05) is 12.1 Å². The van der Waals surface area contributed by atoms with E-state index < -0.39 is 17.7 Å². The van der Waals surface area contributed by atoms with E-state index in [2.05, 4.69) is 10.1 Å². The number of rotatable bonds is 8. The molecule has 1 amide bonds. The molecule has 8 nitrogen and oxygen atoms in total. The highest BCUT2D eigenvalue weighted by Gasteiger charge is 2.44. The quantitative estimate of drug-likeness (QED) is 0.457. The Morgan fingerprint density at radius 1 is 1.15 bits per heavy atom. The molecule has 3 rings (SSSR count). The van der Waals surface area contributed by atoms with Crippen molar-refractivity contribution in [2.45, 2.75) is 59.6 Å². The second kappa shape index (κ2) is 11.3. The Kier molecular flexibility index (Phi) is 9.05. The molecule has 1 heterocycles. The van der Waals surface area contributed by atoms with Crippen molar-refractivity contribution in [2.75, 3.05) is 26.9 Å². The van der Waals surface area contributed by atoms with Crippen LogP contribution >= 0.6 is 0 Å². The van der Waals surface area contributed by atoms with Gasteiger partial charge in [-0.2, -0.15) is 0 Å². The fourth-order valence-electron chi connectivity index (χ4n) is 3.37. The molecule has 0 spiro atoms. The van der Waals surface area contributed by atoms with Gasteiger partial charge in [0.1, 0.15) is 17.6 Å². The third kappa shape index (κ3) is 7.60. The number of hydrogen-bond acceptors (Lipinski definition) is 6. The summed E-state index contributed by atoms with van der Waals surface area (Å²) in [5.41, 5.74) is 1.10. The first-order chi connectivity index (χ1) is 15.6. The number of aldehydes is 1. The molecular formula is C25H36N2O6. The van der Waals surface area contributed by atoms with Gasteiger partial charge in [0.15, 0.2) is 0 Å². The number of benzene rings is 1. The van der Waals surface area contributed by atoms with Crippen LogP contribution in [0.1, 0.15) is 68.3 Å². The van der Waals surface area contributed by atoms with Gasteiger partial charge in [0.25, 0.3) is 0 Å². The Morgan fingerprint density at radius 3 is 2.33 bits per heavy atom. The Balaban J connectivity index is 0.000000890. The molecule has 1 N–H and O–H groups in total. The summed E-state index contributed by atoms with van der Waals surface area (Å²) >= 11 is 0. The molecule has 0 atom stereocenters. The van der Waals surface area contributed by atoms with Gasteiger partial charge < -0.3 is 24.1 Å². The number of methoxy groups -OCH3 is 1. The van der Waals surface area contributed by atoms with Gasteiger partial charge in [0.2, 0.25) is 0 Å². The molecule has 33 heavy (non-hydrogen) atoms. The first-order valence-corrected chi connectivity index (χ1v) is 11.3. The van der Waals surface area contributed by atoms with Crippen molar-refractivity contribution in [1.29, 1.82) is 0 Å². The predicted molar refractivity (Wildman–Crippen MR) is 127 cm³/mol. The summed E-state index contributed by atoms with van der Waals surface area (Å²) in [5.74, 6) is -0.396. The Hall–Kier alpha value is -2.87. The monoisotopic (exact) mass is 460 g/mol. The van der Waals surface area contributed by atoms with Gasteiger partial charge in [-0.25, -0.2) is 9.59 Å². The van der Waals surface area contributed by atoms with Crippen LogP contribution in [0.15, 0.2) is 24.3 Å². The molecule has 1 fully saturated rings. The van der Waals surface area contributed by atoms with Crippen LogP contribution in [0.3, 0.4) is 0 Å². The minimum absolute atomic E-state index is 0.152. The number of carbonyl (C=O) groups is 3. The average Bonchev–Trinajstić information content (AvgIpc) is 3.44. The smallest absolute Gasteiger partial charge is 0.407 e. The number of ether oxygens (including phenoxy) is 3. The lowest BCUT2D eigenvalue weighted by Crippen LogP contribution is -2.37. The van der Waals surface area contributed by atoms with Gasteiger partial charge >= 0.3 is 12.1 Å². The summed E-state index contributed by atoms with van der Waals surface area (Å²) in [4.78, 5) is 35.8. The highest BCUT2D eigenvalue weighted by atomic mass is 16.6. The van der Waals surface area contributed by atoms with E-state index >= 15 is 0 Å². The number of amides is 1. The first-order valence-electron chi connectivity index (χ1n) is 11.3. The van der Waals surface area contributed by atoms with E-state index in [4.69, 9.17) is 9.47 Å². The van der Waals surface area contributed by atoms with Crippen molar-refractivity contribution in [3.63, 3.8) is 0 Å². The number of nitrogens with one attached hydrogen (secondary N) is 1. The van der Waals surface area contributed by atoms with E-state index in [9.17, 15) is 14.4 Å². The first kappa shape index (κ1) is 26.4. The maximum Gasteiger partial charge on any atom is 0.407 e. The minimum atomic E-state index is -0.556. The van der Waals surface area contributed by atoms with Crippen molar-refractivity contribution < 1.29 is 28.6 Å². The molecular weight excluding hydrogens is 424 g/mol. The van der Waals surface area contributed by atoms with Crippen LogP contribution in [0, 0.1) is 5.41 Å². The zero-order valence-corrected chi connectivity index (χ0v) is 20.5. The fraction of sp³-hybridized carbons (Fsp3) is 0.560. The van der Waals surface area contributed by atoms with Crippen molar-refractivity contribution in [1.82, 2.24) is 9.88 Å². The molecule has 2 aromatic rings. The number of aromatic nitrogens is 1. The van der Waals surface area contributed by atoms with Crippen LogP contribution in [0.4, 0.5) is 4.79 Å². The molecule has 1 aliphatic carbocycles. The molecule has 1 aliphatic rings. The standard InChI is InChI=1S/C22H28N2O5.C3H8O/c1-5-28-19(26)18-11-16-7-6-15(12-25)10-17(16)24(18)14-22(8-9-22)13-23-20(27)29-21(2,3)4;1-3-4-2/h6-7,10-12H,5,8-9,13-14H2,1-4H3,(H,23,27);3H2,1-2H3. The highest BCUT2D eigenvalue weighted by molar-refractivity contribution is 5.97. The van der Waals surface area contributed by atoms with Crippen molar-refractivity contribution >= 4 is 29.3 Å². The second-order valence-corrected chi connectivity index (χ2v) is 9.21. The summed E-state index contributed by atoms with van der Waals surface area (Å²) in [5, 5.41) is 3.72. The zero-order valence-electron chi connectivity index (χ0n) is 20.5. The molecule has 0 radical (unpaired) electrons. The third-order valence-electron chi connectivity index (χ3n) is 5.29. The normalized spacial score (nSPS) is 14.1. The number of carbonyl (C=O) groups excluding carboxylic acids is 3. The SMILES string of the molecule is CCOC.CCOC(=O)c1cc2ccc(C=O)cc2n1CC1(CNC(=O)OC(C)(C)C)CC1. The Labute approximate surface area is 195 Å². The molecule has 1 aromatic heterocycles. The number of alkyl carbamates (subject to hydrolysis) is 1. The van der Waals surface area contributed by atoms with Crippen LogP contribution in [0.25, 0.3) is 10.9 Å². The number of nitrogens with zero attached hydrogens (tertiary/aromatic N) is 1. The van der Waals surface area contributed by atoms with E-state index in [1.807, 2.05) is 38.3 Å². The van der Waals surface area contributed by atoms with E-state index in [1.54, 1.807) is 32.2 Å². The minimum Gasteiger partial charge on any atom is -0.461 e. The number of hydrogen-bond donors (Lipinski definition) is 1. The van der Waals surface area contributed by atoms with Gasteiger partial charge in [0, 0.05) is 48.7 Å². The van der Waals surface area contributed by atoms with Crippen LogP contribution in [0.5, 0.6) is 0 Å². The van der Waals surface area contributed by atoms with Gasteiger partial charge in [-0.05, 0) is 59.6 Å². The number of fused-ring (bicyclic) bond motifs is 1. The molecule has 0 saturated heterocycles. The Morgan fingerprint density at radius 2 is 1.82 bits per heavy atom. The molecule has 0 bridgehead atoms. The topological polar surface area (TPSA) is 95.9 Å². The van der Waals surface area contributed by atoms with Crippen molar-refractivity contribution in [2.24, 2.45) is 5.41 Å².